The molecule has 0 radical (unpaired) electrons. The van der Waals surface area contributed by atoms with Gasteiger partial charge in [0.05, 0.1) is 12.1 Å². The average Bonchev–Trinajstić information content (AvgIpc) is 2.85. The molecule has 3 saturated heterocycles. The molecule has 1 N–H and O–H groups in total. The van der Waals surface area contributed by atoms with E-state index in [1.807, 2.05) is 6.92 Å². The molecule has 3 heterocycles. The summed E-state index contributed by atoms with van der Waals surface area (Å²) < 4.78 is 11.0. The highest BCUT2D eigenvalue weighted by Crippen LogP contribution is 2.53. The third-order valence-corrected chi connectivity index (χ3v) is 4.94. The van der Waals surface area contributed by atoms with E-state index in [4.69, 9.17) is 9.47 Å². The second-order valence-corrected chi connectivity index (χ2v) is 5.36. The van der Waals surface area contributed by atoms with Crippen LogP contribution < -0.4 is 5.32 Å². The fourth-order valence-corrected chi connectivity index (χ4v) is 3.78. The molecule has 0 saturated carbocycles. The van der Waals surface area contributed by atoms with Gasteiger partial charge in [0.15, 0.2) is 0 Å². The molecule has 0 aromatic carbocycles. The molecular weight excluding hydrogens is 206 g/mol. The molecule has 4 heteroatoms. The molecule has 90 valence electrons. The normalized spacial score (nSPS) is 41.8. The highest BCUT2D eigenvalue weighted by atomic mass is 16.5. The van der Waals surface area contributed by atoms with Gasteiger partial charge in [-0.2, -0.15) is 0 Å². The minimum Gasteiger partial charge on any atom is -0.381 e. The Morgan fingerprint density at radius 3 is 2.50 bits per heavy atom. The monoisotopic (exact) mass is 225 g/mol. The molecule has 2 atom stereocenters. The maximum absolute atomic E-state index is 12.0. The molecule has 4 nitrogen and oxygen atoms in total. The lowest BCUT2D eigenvalue weighted by Crippen LogP contribution is -2.56. The van der Waals surface area contributed by atoms with Crippen molar-refractivity contribution in [2.45, 2.75) is 31.7 Å². The van der Waals surface area contributed by atoms with E-state index in [0.717, 1.165) is 45.7 Å². The van der Waals surface area contributed by atoms with E-state index in [1.165, 1.54) is 0 Å². The maximum Gasteiger partial charge on any atom is 0.224 e. The molecule has 3 aliphatic rings. The lowest BCUT2D eigenvalue weighted by molar-refractivity contribution is -0.123. The minimum absolute atomic E-state index is 0.0217. The Kier molecular flexibility index (Phi) is 2.27. The van der Waals surface area contributed by atoms with Crippen LogP contribution in [0.25, 0.3) is 0 Å². The Hall–Kier alpha value is -0.610. The van der Waals surface area contributed by atoms with Crippen LogP contribution in [0.1, 0.15) is 26.2 Å². The number of ether oxygens (including phenoxy) is 2. The van der Waals surface area contributed by atoms with Crippen LogP contribution in [0.15, 0.2) is 0 Å². The van der Waals surface area contributed by atoms with Gasteiger partial charge in [0.25, 0.3) is 0 Å². The SMILES string of the molecule is CC1C(=O)NC2(CCOCC2)C12CCOC2. The number of fused-ring (bicyclic) bond motifs is 1. The van der Waals surface area contributed by atoms with Crippen molar-refractivity contribution in [3.05, 3.63) is 0 Å². The van der Waals surface area contributed by atoms with Crippen LogP contribution in [-0.4, -0.2) is 37.9 Å². The zero-order valence-corrected chi connectivity index (χ0v) is 9.75. The summed E-state index contributed by atoms with van der Waals surface area (Å²) in [5.74, 6) is 0.278. The molecule has 3 aliphatic heterocycles. The van der Waals surface area contributed by atoms with E-state index in [1.54, 1.807) is 0 Å². The van der Waals surface area contributed by atoms with E-state index in [9.17, 15) is 4.79 Å². The predicted octanol–water partition coefficient (Wildman–Crippen LogP) is 0.708. The van der Waals surface area contributed by atoms with E-state index in [-0.39, 0.29) is 22.8 Å². The Labute approximate surface area is 95.7 Å². The van der Waals surface area contributed by atoms with Crippen LogP contribution in [0.3, 0.4) is 0 Å². The second-order valence-electron chi connectivity index (χ2n) is 5.36. The van der Waals surface area contributed by atoms with Crippen LogP contribution >= 0.6 is 0 Å². The summed E-state index contributed by atoms with van der Waals surface area (Å²) in [6.07, 6.45) is 2.88. The molecule has 0 aromatic heterocycles. The molecule has 3 rings (SSSR count). The summed E-state index contributed by atoms with van der Waals surface area (Å²) in [7, 11) is 0. The Balaban J connectivity index is 1.99. The smallest absolute Gasteiger partial charge is 0.224 e. The van der Waals surface area contributed by atoms with Gasteiger partial charge in [-0.25, -0.2) is 0 Å². The van der Waals surface area contributed by atoms with E-state index in [2.05, 4.69) is 5.32 Å². The van der Waals surface area contributed by atoms with Crippen molar-refractivity contribution in [3.63, 3.8) is 0 Å². The summed E-state index contributed by atoms with van der Waals surface area (Å²) >= 11 is 0. The summed E-state index contributed by atoms with van der Waals surface area (Å²) in [6, 6.07) is 0. The average molecular weight is 225 g/mol. The number of rotatable bonds is 0. The summed E-state index contributed by atoms with van der Waals surface area (Å²) in [6.45, 7) is 5.09. The highest BCUT2D eigenvalue weighted by Gasteiger charge is 2.63. The summed E-state index contributed by atoms with van der Waals surface area (Å²) in [5, 5.41) is 3.25. The van der Waals surface area contributed by atoms with E-state index < -0.39 is 0 Å². The zero-order valence-electron chi connectivity index (χ0n) is 9.75. The van der Waals surface area contributed by atoms with E-state index in [0.29, 0.717) is 0 Å². The minimum atomic E-state index is -0.0573. The maximum atomic E-state index is 12.0. The highest BCUT2D eigenvalue weighted by molar-refractivity contribution is 5.83. The van der Waals surface area contributed by atoms with Gasteiger partial charge in [-0.05, 0) is 19.3 Å². The largest absolute Gasteiger partial charge is 0.381 e. The van der Waals surface area contributed by atoms with Crippen LogP contribution in [-0.2, 0) is 14.3 Å². The number of hydrogen-bond acceptors (Lipinski definition) is 3. The first-order valence-electron chi connectivity index (χ1n) is 6.18. The zero-order chi connectivity index (χ0) is 11.2. The number of amides is 1. The van der Waals surface area contributed by atoms with Crippen LogP contribution in [0.4, 0.5) is 0 Å². The van der Waals surface area contributed by atoms with Crippen LogP contribution in [0, 0.1) is 11.3 Å². The molecular formula is C12H19NO3. The quantitative estimate of drug-likeness (QED) is 0.660. The Morgan fingerprint density at radius 2 is 1.88 bits per heavy atom. The molecule has 2 spiro atoms. The lowest BCUT2D eigenvalue weighted by Gasteiger charge is -2.45. The standard InChI is InChI=1S/C12H19NO3/c1-9-10(14)13-12(3-6-15-7-4-12)11(9)2-5-16-8-11/h9H,2-8H2,1H3,(H,13,14). The number of carbonyl (C=O) groups is 1. The third kappa shape index (κ3) is 1.14. The lowest BCUT2D eigenvalue weighted by atomic mass is 9.62. The molecule has 3 fully saturated rings. The van der Waals surface area contributed by atoms with Crippen molar-refractivity contribution in [2.24, 2.45) is 11.3 Å². The summed E-state index contributed by atoms with van der Waals surface area (Å²) in [4.78, 5) is 12.0. The second kappa shape index (κ2) is 3.44. The molecule has 0 bridgehead atoms. The number of carbonyl (C=O) groups excluding carboxylic acids is 1. The van der Waals surface area contributed by atoms with Crippen molar-refractivity contribution < 1.29 is 14.3 Å². The van der Waals surface area contributed by atoms with Gasteiger partial charge in [-0.3, -0.25) is 4.79 Å². The first-order valence-corrected chi connectivity index (χ1v) is 6.18. The van der Waals surface area contributed by atoms with Gasteiger partial charge in [0.2, 0.25) is 5.91 Å². The first-order chi connectivity index (χ1) is 7.70. The van der Waals surface area contributed by atoms with Gasteiger partial charge in [0, 0.05) is 31.2 Å². The van der Waals surface area contributed by atoms with Gasteiger partial charge in [-0.15, -0.1) is 0 Å². The van der Waals surface area contributed by atoms with Gasteiger partial charge in [0.1, 0.15) is 0 Å². The Morgan fingerprint density at radius 1 is 1.19 bits per heavy atom. The molecule has 0 aliphatic carbocycles. The first kappa shape index (κ1) is 10.5. The molecule has 2 unspecified atom stereocenters. The van der Waals surface area contributed by atoms with Crippen molar-refractivity contribution in [3.8, 4) is 0 Å². The van der Waals surface area contributed by atoms with Gasteiger partial charge < -0.3 is 14.8 Å². The van der Waals surface area contributed by atoms with Crippen molar-refractivity contribution in [1.82, 2.24) is 5.32 Å². The van der Waals surface area contributed by atoms with Gasteiger partial charge >= 0.3 is 0 Å². The number of hydrogen-bond donors (Lipinski definition) is 1. The topological polar surface area (TPSA) is 47.6 Å². The Bertz CT molecular complexity index is 303. The molecule has 0 aromatic rings. The van der Waals surface area contributed by atoms with Crippen LogP contribution in [0.5, 0.6) is 0 Å². The van der Waals surface area contributed by atoms with Crippen LogP contribution in [0.2, 0.25) is 0 Å². The number of nitrogens with one attached hydrogen (secondary N) is 1. The fourth-order valence-electron chi connectivity index (χ4n) is 3.78. The third-order valence-electron chi connectivity index (χ3n) is 4.94. The predicted molar refractivity (Wildman–Crippen MR) is 58.0 cm³/mol. The summed E-state index contributed by atoms with van der Waals surface area (Å²) in [5.41, 5.74) is -0.0356. The van der Waals surface area contributed by atoms with Crippen molar-refractivity contribution in [2.75, 3.05) is 26.4 Å². The van der Waals surface area contributed by atoms with E-state index >= 15 is 0 Å². The van der Waals surface area contributed by atoms with Crippen molar-refractivity contribution in [1.29, 1.82) is 0 Å². The molecule has 1 amide bonds. The fraction of sp³-hybridized carbons (Fsp3) is 0.917. The molecule has 16 heavy (non-hydrogen) atoms. The van der Waals surface area contributed by atoms with Crippen molar-refractivity contribution >= 4 is 5.91 Å². The van der Waals surface area contributed by atoms with Gasteiger partial charge in [-0.1, -0.05) is 6.92 Å².